The summed E-state index contributed by atoms with van der Waals surface area (Å²) in [5.74, 6) is 4.66. The largest absolute Gasteiger partial charge is 0.748 e. The van der Waals surface area contributed by atoms with Gasteiger partial charge in [0, 0.05) is 17.1 Å². The molecule has 2 aromatic rings. The smallest absolute Gasteiger partial charge is 0.177 e. The molecule has 3 nitrogen and oxygen atoms in total. The van der Waals surface area contributed by atoms with E-state index in [0.29, 0.717) is 0 Å². The van der Waals surface area contributed by atoms with E-state index in [-0.39, 0.29) is 22.2 Å². The van der Waals surface area contributed by atoms with Crippen molar-refractivity contribution in [1.82, 2.24) is 5.43 Å². The van der Waals surface area contributed by atoms with Crippen molar-refractivity contribution >= 4 is 17.3 Å². The van der Waals surface area contributed by atoms with Crippen molar-refractivity contribution in [2.24, 2.45) is 11.6 Å². The molecule has 0 fully saturated rings. The van der Waals surface area contributed by atoms with Crippen LogP contribution in [-0.2, 0) is 17.1 Å². The van der Waals surface area contributed by atoms with Crippen molar-refractivity contribution in [3.63, 3.8) is 0 Å². The van der Waals surface area contributed by atoms with E-state index in [2.05, 4.69) is 18.1 Å². The molecule has 94 valence electrons. The molecule has 0 saturated carbocycles. The van der Waals surface area contributed by atoms with Gasteiger partial charge in [-0.05, 0) is 12.2 Å². The Bertz CT molecular complexity index is 245. The van der Waals surface area contributed by atoms with Gasteiger partial charge in [-0.25, -0.2) is 18.0 Å². The summed E-state index contributed by atoms with van der Waals surface area (Å²) in [5, 5.41) is 0.116. The van der Waals surface area contributed by atoms with Crippen LogP contribution in [0.1, 0.15) is 0 Å². The maximum absolute atomic E-state index is 4.79. The molecular weight excluding hydrogens is 262 g/mol. The third-order valence-corrected chi connectivity index (χ3v) is 1.37. The number of hydrogen-bond donors (Lipinski definition) is 3. The SMILES string of the molecule is NNC(N)=S.[Fe].[cH-]1[cH-][cH-][cH-][cH-]1.c1cc[cH-]c1. The van der Waals surface area contributed by atoms with Crippen molar-refractivity contribution in [3.8, 4) is 0 Å². The fourth-order valence-corrected chi connectivity index (χ4v) is 0.642. The minimum absolute atomic E-state index is 0. The van der Waals surface area contributed by atoms with Crippen LogP contribution in [0.4, 0.5) is 0 Å². The number of nitrogens with one attached hydrogen (secondary N) is 1. The maximum atomic E-state index is 4.79. The van der Waals surface area contributed by atoms with Gasteiger partial charge in [-0.2, -0.15) is 18.2 Å². The third-order valence-electron chi connectivity index (χ3n) is 1.25. The molecule has 0 bridgehead atoms. The fraction of sp³-hybridized carbons (Fsp3) is 0. The van der Waals surface area contributed by atoms with Crippen LogP contribution in [0.2, 0.25) is 0 Å². The Hall–Kier alpha value is -1.13. The van der Waals surface area contributed by atoms with E-state index in [9.17, 15) is 0 Å². The second kappa shape index (κ2) is 13.9. The van der Waals surface area contributed by atoms with Crippen molar-refractivity contribution in [3.05, 3.63) is 60.7 Å². The fourth-order valence-electron chi connectivity index (χ4n) is 0.642. The Morgan fingerprint density at radius 3 is 1.44 bits per heavy atom. The Balaban J connectivity index is 0. The molecule has 0 atom stereocenters. The topological polar surface area (TPSA) is 64.1 Å². The summed E-state index contributed by atoms with van der Waals surface area (Å²) in [6.07, 6.45) is 0. The summed E-state index contributed by atoms with van der Waals surface area (Å²) in [7, 11) is 0. The molecule has 5 heteroatoms. The maximum Gasteiger partial charge on any atom is 0.177 e. The zero-order valence-electron chi connectivity index (χ0n) is 8.69. The van der Waals surface area contributed by atoms with Crippen molar-refractivity contribution < 1.29 is 17.1 Å². The monoisotopic (exact) mass is 277 g/mol. The van der Waals surface area contributed by atoms with Crippen molar-refractivity contribution in [1.29, 1.82) is 0 Å². The molecule has 5 N–H and O–H groups in total. The number of thiocarbonyl (C=S) groups is 1. The Labute approximate surface area is 112 Å². The van der Waals surface area contributed by atoms with Crippen LogP contribution in [0, 0.1) is 0 Å². The van der Waals surface area contributed by atoms with E-state index in [0.717, 1.165) is 0 Å². The molecule has 0 radical (unpaired) electrons. The van der Waals surface area contributed by atoms with Gasteiger partial charge in [0.1, 0.15) is 0 Å². The van der Waals surface area contributed by atoms with Gasteiger partial charge >= 0.3 is 0 Å². The predicted octanol–water partition coefficient (Wildman–Crippen LogP) is 1.50. The Morgan fingerprint density at radius 1 is 1.00 bits per heavy atom. The van der Waals surface area contributed by atoms with Crippen molar-refractivity contribution in [2.75, 3.05) is 0 Å². The van der Waals surface area contributed by atoms with E-state index in [1.165, 1.54) is 0 Å². The molecular formula is C11H15FeN3S-6. The second-order valence-corrected chi connectivity index (χ2v) is 2.87. The van der Waals surface area contributed by atoms with Gasteiger partial charge in [0.2, 0.25) is 0 Å². The first kappa shape index (κ1) is 17.3. The van der Waals surface area contributed by atoms with Crippen LogP contribution in [0.25, 0.3) is 0 Å². The normalized spacial score (nSPS) is 7.06. The third kappa shape index (κ3) is 15.3. The van der Waals surface area contributed by atoms with Gasteiger partial charge < -0.3 is 41.5 Å². The van der Waals surface area contributed by atoms with Crippen LogP contribution < -0.4 is 17.0 Å². The number of rotatable bonds is 0. The molecule has 0 unspecified atom stereocenters. The Kier molecular flexibility index (Phi) is 15.0. The number of nitrogens with two attached hydrogens (primary N) is 2. The first-order valence-corrected chi connectivity index (χ1v) is 4.77. The molecule has 0 aliphatic rings. The van der Waals surface area contributed by atoms with Crippen LogP contribution in [0.3, 0.4) is 0 Å². The second-order valence-electron chi connectivity index (χ2n) is 2.43. The van der Waals surface area contributed by atoms with Gasteiger partial charge in [-0.3, -0.25) is 0 Å². The minimum Gasteiger partial charge on any atom is -0.748 e. The molecule has 0 spiro atoms. The number of hydrogen-bond acceptors (Lipinski definition) is 2. The van der Waals surface area contributed by atoms with E-state index in [4.69, 9.17) is 5.73 Å². The van der Waals surface area contributed by atoms with Gasteiger partial charge in [-0.15, -0.1) is 0 Å². The molecule has 0 heterocycles. The van der Waals surface area contributed by atoms with E-state index in [1.807, 2.05) is 66.1 Å². The van der Waals surface area contributed by atoms with Crippen LogP contribution in [-0.4, -0.2) is 5.11 Å². The molecule has 0 amide bonds. The van der Waals surface area contributed by atoms with Gasteiger partial charge in [0.25, 0.3) is 0 Å². The standard InChI is InChI=1S/2C5H5.CH5N3S.Fe/c2*1-2-4-5-3-1;2-1(5)4-3;/h2*1-5H;3H2,(H3,2,4,5);/q-5;-1;;. The van der Waals surface area contributed by atoms with Crippen LogP contribution in [0.5, 0.6) is 0 Å². The molecule has 16 heavy (non-hydrogen) atoms. The summed E-state index contributed by atoms with van der Waals surface area (Å²) in [4.78, 5) is 0. The molecule has 0 aliphatic carbocycles. The zero-order chi connectivity index (χ0) is 11.4. The van der Waals surface area contributed by atoms with E-state index in [1.54, 1.807) is 0 Å². The zero-order valence-corrected chi connectivity index (χ0v) is 10.6. The molecule has 0 aromatic heterocycles. The first-order chi connectivity index (χ1) is 7.27. The minimum atomic E-state index is 0. The number of hydrazine groups is 1. The molecule has 0 aliphatic heterocycles. The summed E-state index contributed by atoms with van der Waals surface area (Å²) in [5.41, 5.74) is 6.82. The predicted molar refractivity (Wildman–Crippen MR) is 68.2 cm³/mol. The summed E-state index contributed by atoms with van der Waals surface area (Å²) in [6.45, 7) is 0. The average molecular weight is 277 g/mol. The average Bonchev–Trinajstić information content (AvgIpc) is 2.96. The Morgan fingerprint density at radius 2 is 1.31 bits per heavy atom. The van der Waals surface area contributed by atoms with Gasteiger partial charge in [0.05, 0.1) is 0 Å². The summed E-state index contributed by atoms with van der Waals surface area (Å²) < 4.78 is 0. The first-order valence-electron chi connectivity index (χ1n) is 4.36. The molecule has 0 saturated heterocycles. The van der Waals surface area contributed by atoms with E-state index < -0.39 is 0 Å². The van der Waals surface area contributed by atoms with Crippen LogP contribution >= 0.6 is 12.2 Å². The van der Waals surface area contributed by atoms with Gasteiger partial charge in [-0.1, -0.05) is 0 Å². The van der Waals surface area contributed by atoms with Gasteiger partial charge in [0.15, 0.2) is 5.11 Å². The molecule has 2 rings (SSSR count). The molecule has 2 aromatic carbocycles. The summed E-state index contributed by atoms with van der Waals surface area (Å²) >= 11 is 4.24. The van der Waals surface area contributed by atoms with Crippen LogP contribution in [0.15, 0.2) is 60.7 Å². The summed E-state index contributed by atoms with van der Waals surface area (Å²) in [6, 6.07) is 20.0. The van der Waals surface area contributed by atoms with E-state index >= 15 is 0 Å². The quantitative estimate of drug-likeness (QED) is 0.224. The van der Waals surface area contributed by atoms with Crippen molar-refractivity contribution in [2.45, 2.75) is 0 Å².